The van der Waals surface area contributed by atoms with E-state index in [9.17, 15) is 0 Å². The normalized spacial score (nSPS) is 14.2. The standard InChI is InChI=1S/C23H26N8/c24-21-27-22(25-11-10-17-16-26-20-9-5-4-8-19(17)20)29-23(28-21)31-14-12-30(13-15-31)18-6-2-1-3-7-18/h1-9,16,26H,10-15H2,(H3,24,25,27,28,29). The van der Waals surface area contributed by atoms with Crippen LogP contribution in [0.5, 0.6) is 0 Å². The number of anilines is 4. The summed E-state index contributed by atoms with van der Waals surface area (Å²) in [5.41, 5.74) is 9.65. The van der Waals surface area contributed by atoms with Gasteiger partial charge in [-0.25, -0.2) is 0 Å². The summed E-state index contributed by atoms with van der Waals surface area (Å²) >= 11 is 0. The zero-order valence-corrected chi connectivity index (χ0v) is 17.3. The highest BCUT2D eigenvalue weighted by atomic mass is 15.4. The van der Waals surface area contributed by atoms with E-state index in [1.54, 1.807) is 0 Å². The molecule has 1 aliphatic heterocycles. The van der Waals surface area contributed by atoms with Crippen molar-refractivity contribution in [3.8, 4) is 0 Å². The lowest BCUT2D eigenvalue weighted by molar-refractivity contribution is 0.639. The number of hydrogen-bond acceptors (Lipinski definition) is 7. The maximum atomic E-state index is 5.98. The van der Waals surface area contributed by atoms with Crippen molar-refractivity contribution >= 4 is 34.4 Å². The molecule has 1 aliphatic rings. The molecule has 0 atom stereocenters. The van der Waals surface area contributed by atoms with Gasteiger partial charge in [-0.1, -0.05) is 36.4 Å². The quantitative estimate of drug-likeness (QED) is 0.446. The number of fused-ring (bicyclic) bond motifs is 1. The zero-order valence-electron chi connectivity index (χ0n) is 17.3. The third kappa shape index (κ3) is 4.23. The molecule has 1 fully saturated rings. The van der Waals surface area contributed by atoms with Crippen molar-refractivity contribution < 1.29 is 0 Å². The van der Waals surface area contributed by atoms with Gasteiger partial charge in [0.25, 0.3) is 0 Å². The molecule has 0 amide bonds. The predicted molar refractivity (Wildman–Crippen MR) is 126 cm³/mol. The van der Waals surface area contributed by atoms with Crippen LogP contribution >= 0.6 is 0 Å². The molecule has 4 aromatic rings. The minimum absolute atomic E-state index is 0.241. The SMILES string of the molecule is Nc1nc(NCCc2c[nH]c3ccccc23)nc(N2CCN(c3ccccc3)CC2)n1. The number of aromatic nitrogens is 4. The molecular weight excluding hydrogens is 388 g/mol. The number of piperazine rings is 1. The maximum absolute atomic E-state index is 5.98. The predicted octanol–water partition coefficient (Wildman–Crippen LogP) is 2.92. The van der Waals surface area contributed by atoms with E-state index in [0.29, 0.717) is 18.4 Å². The molecule has 1 saturated heterocycles. The monoisotopic (exact) mass is 414 g/mol. The number of aromatic amines is 1. The van der Waals surface area contributed by atoms with Crippen molar-refractivity contribution in [2.24, 2.45) is 0 Å². The van der Waals surface area contributed by atoms with E-state index >= 15 is 0 Å². The molecule has 0 saturated carbocycles. The van der Waals surface area contributed by atoms with Gasteiger partial charge in [-0.2, -0.15) is 15.0 Å². The first-order chi connectivity index (χ1) is 15.3. The number of para-hydroxylation sites is 2. The Bertz CT molecular complexity index is 1150. The zero-order chi connectivity index (χ0) is 21.0. The first kappa shape index (κ1) is 19.2. The van der Waals surface area contributed by atoms with E-state index in [2.05, 4.69) is 83.7 Å². The van der Waals surface area contributed by atoms with Crippen LogP contribution in [0.25, 0.3) is 10.9 Å². The summed E-state index contributed by atoms with van der Waals surface area (Å²) in [5, 5.41) is 4.56. The molecule has 4 N–H and O–H groups in total. The third-order valence-corrected chi connectivity index (χ3v) is 5.68. The number of nitrogens with two attached hydrogens (primary N) is 1. The Hall–Kier alpha value is -3.81. The summed E-state index contributed by atoms with van der Waals surface area (Å²) in [6, 6.07) is 18.8. The largest absolute Gasteiger partial charge is 0.368 e. The van der Waals surface area contributed by atoms with Gasteiger partial charge in [0.15, 0.2) is 0 Å². The first-order valence-electron chi connectivity index (χ1n) is 10.6. The van der Waals surface area contributed by atoms with E-state index in [0.717, 1.165) is 38.1 Å². The first-order valence-corrected chi connectivity index (χ1v) is 10.6. The number of benzene rings is 2. The molecule has 0 radical (unpaired) electrons. The Morgan fingerprint density at radius 2 is 1.61 bits per heavy atom. The Morgan fingerprint density at radius 3 is 2.45 bits per heavy atom. The molecule has 158 valence electrons. The van der Waals surface area contributed by atoms with Gasteiger partial charge in [0, 0.05) is 55.5 Å². The van der Waals surface area contributed by atoms with Crippen molar-refractivity contribution in [1.82, 2.24) is 19.9 Å². The second-order valence-corrected chi connectivity index (χ2v) is 7.66. The molecule has 2 aromatic heterocycles. The number of H-pyrrole nitrogens is 1. The lowest BCUT2D eigenvalue weighted by Crippen LogP contribution is -2.47. The fourth-order valence-electron chi connectivity index (χ4n) is 4.05. The van der Waals surface area contributed by atoms with Gasteiger partial charge in [0.2, 0.25) is 17.8 Å². The van der Waals surface area contributed by atoms with Crippen LogP contribution < -0.4 is 20.9 Å². The average Bonchev–Trinajstić information content (AvgIpc) is 3.23. The topological polar surface area (TPSA) is 99.0 Å². The number of nitrogens with one attached hydrogen (secondary N) is 2. The molecule has 5 rings (SSSR count). The van der Waals surface area contributed by atoms with E-state index in [1.807, 2.05) is 12.1 Å². The molecule has 0 bridgehead atoms. The molecule has 8 heteroatoms. The van der Waals surface area contributed by atoms with Gasteiger partial charge >= 0.3 is 0 Å². The van der Waals surface area contributed by atoms with E-state index in [4.69, 9.17) is 5.73 Å². The van der Waals surface area contributed by atoms with Crippen molar-refractivity contribution in [3.05, 3.63) is 66.4 Å². The van der Waals surface area contributed by atoms with Crippen molar-refractivity contribution in [2.45, 2.75) is 6.42 Å². The van der Waals surface area contributed by atoms with E-state index in [1.165, 1.54) is 16.6 Å². The highest BCUT2D eigenvalue weighted by Crippen LogP contribution is 2.20. The molecule has 2 aromatic carbocycles. The average molecular weight is 415 g/mol. The summed E-state index contributed by atoms with van der Waals surface area (Å²) in [6.07, 6.45) is 2.92. The molecule has 3 heterocycles. The second kappa shape index (κ2) is 8.51. The molecule has 0 spiro atoms. The molecule has 8 nitrogen and oxygen atoms in total. The number of nitrogens with zero attached hydrogens (tertiary/aromatic N) is 5. The Morgan fingerprint density at radius 1 is 0.871 bits per heavy atom. The Labute approximate surface area is 181 Å². The van der Waals surface area contributed by atoms with Gasteiger partial charge < -0.3 is 25.8 Å². The van der Waals surface area contributed by atoms with Crippen LogP contribution in [0.1, 0.15) is 5.56 Å². The van der Waals surface area contributed by atoms with Gasteiger partial charge in [-0.05, 0) is 30.2 Å². The second-order valence-electron chi connectivity index (χ2n) is 7.66. The minimum atomic E-state index is 0.241. The van der Waals surface area contributed by atoms with Gasteiger partial charge in [-0.15, -0.1) is 0 Å². The lowest BCUT2D eigenvalue weighted by Gasteiger charge is -2.36. The van der Waals surface area contributed by atoms with Crippen LogP contribution in [-0.2, 0) is 6.42 Å². The van der Waals surface area contributed by atoms with Crippen molar-refractivity contribution in [3.63, 3.8) is 0 Å². The summed E-state index contributed by atoms with van der Waals surface area (Å²) in [5.74, 6) is 1.40. The highest BCUT2D eigenvalue weighted by molar-refractivity contribution is 5.83. The summed E-state index contributed by atoms with van der Waals surface area (Å²) < 4.78 is 0. The highest BCUT2D eigenvalue weighted by Gasteiger charge is 2.20. The number of nitrogen functional groups attached to an aromatic ring is 1. The van der Waals surface area contributed by atoms with Crippen LogP contribution in [0.2, 0.25) is 0 Å². The van der Waals surface area contributed by atoms with Gasteiger partial charge in [-0.3, -0.25) is 0 Å². The maximum Gasteiger partial charge on any atom is 0.232 e. The van der Waals surface area contributed by atoms with E-state index in [-0.39, 0.29) is 5.95 Å². The minimum Gasteiger partial charge on any atom is -0.368 e. The fraction of sp³-hybridized carbons (Fsp3) is 0.261. The van der Waals surface area contributed by atoms with E-state index < -0.39 is 0 Å². The lowest BCUT2D eigenvalue weighted by atomic mass is 10.1. The smallest absolute Gasteiger partial charge is 0.232 e. The van der Waals surface area contributed by atoms with Crippen LogP contribution in [0.3, 0.4) is 0 Å². The summed E-state index contributed by atoms with van der Waals surface area (Å²) in [7, 11) is 0. The fourth-order valence-corrected chi connectivity index (χ4v) is 4.05. The molecule has 31 heavy (non-hydrogen) atoms. The molecular formula is C23H26N8. The molecule has 0 unspecified atom stereocenters. The summed E-state index contributed by atoms with van der Waals surface area (Å²) in [4.78, 5) is 21.1. The van der Waals surface area contributed by atoms with Crippen LogP contribution in [0, 0.1) is 0 Å². The Kier molecular flexibility index (Phi) is 5.26. The number of hydrogen-bond donors (Lipinski definition) is 3. The van der Waals surface area contributed by atoms with Crippen molar-refractivity contribution in [1.29, 1.82) is 0 Å². The van der Waals surface area contributed by atoms with Crippen LogP contribution in [0.15, 0.2) is 60.8 Å². The van der Waals surface area contributed by atoms with Crippen LogP contribution in [0.4, 0.5) is 23.5 Å². The number of rotatable bonds is 6. The summed E-state index contributed by atoms with van der Waals surface area (Å²) in [6.45, 7) is 4.23. The molecule has 0 aliphatic carbocycles. The van der Waals surface area contributed by atoms with Gasteiger partial charge in [0.05, 0.1) is 0 Å². The third-order valence-electron chi connectivity index (χ3n) is 5.68. The Balaban J connectivity index is 1.21. The van der Waals surface area contributed by atoms with Crippen molar-refractivity contribution in [2.75, 3.05) is 53.6 Å². The van der Waals surface area contributed by atoms with Crippen LogP contribution in [-0.4, -0.2) is 52.7 Å². The van der Waals surface area contributed by atoms with Gasteiger partial charge in [0.1, 0.15) is 0 Å².